The Balaban J connectivity index is 0.00000261. The number of carbonyl (C=O) groups excluding carboxylic acids is 2. The minimum atomic E-state index is 0. The van der Waals surface area contributed by atoms with E-state index in [1.165, 1.54) is 12.0 Å². The highest BCUT2D eigenvalue weighted by Crippen LogP contribution is 2.19. The van der Waals surface area contributed by atoms with Crippen molar-refractivity contribution >= 4 is 24.2 Å². The minimum Gasteiger partial charge on any atom is -0.356 e. The standard InChI is InChI=1S/C21H31N3O2.ClH/c25-20(7-6-17-4-2-1-3-5-17)24-14-10-19(11-15-24)21(26)23-13-9-18-8-12-22-16-18;/h1-5,18-19,22H,6-16H2,(H,23,26);1H. The van der Waals surface area contributed by atoms with E-state index in [1.54, 1.807) is 0 Å². The summed E-state index contributed by atoms with van der Waals surface area (Å²) in [5, 5.41) is 6.46. The van der Waals surface area contributed by atoms with Crippen LogP contribution in [0.3, 0.4) is 0 Å². The Hall–Kier alpha value is -1.59. The molecule has 1 aromatic rings. The number of aryl methyl sites for hydroxylation is 1. The molecule has 1 atom stereocenters. The molecule has 150 valence electrons. The first-order chi connectivity index (χ1) is 12.7. The third kappa shape index (κ3) is 6.82. The zero-order valence-electron chi connectivity index (χ0n) is 16.0. The summed E-state index contributed by atoms with van der Waals surface area (Å²) in [6.07, 6.45) is 5.20. The number of nitrogens with zero attached hydrogens (tertiary/aromatic N) is 1. The average molecular weight is 394 g/mol. The smallest absolute Gasteiger partial charge is 0.223 e. The van der Waals surface area contributed by atoms with E-state index in [2.05, 4.69) is 22.8 Å². The number of carbonyl (C=O) groups is 2. The number of rotatable bonds is 7. The number of piperidine rings is 1. The summed E-state index contributed by atoms with van der Waals surface area (Å²) in [5.41, 5.74) is 1.20. The maximum absolute atomic E-state index is 12.4. The van der Waals surface area contributed by atoms with E-state index in [-0.39, 0.29) is 30.1 Å². The van der Waals surface area contributed by atoms with Crippen LogP contribution in [0.1, 0.15) is 37.7 Å². The molecule has 2 aliphatic rings. The molecule has 6 heteroatoms. The quantitative estimate of drug-likeness (QED) is 0.747. The highest BCUT2D eigenvalue weighted by molar-refractivity contribution is 5.85. The van der Waals surface area contributed by atoms with Gasteiger partial charge >= 0.3 is 0 Å². The number of amides is 2. The second-order valence-electron chi connectivity index (χ2n) is 7.58. The molecular weight excluding hydrogens is 362 g/mol. The Labute approximate surface area is 168 Å². The van der Waals surface area contributed by atoms with Gasteiger partial charge in [0, 0.05) is 32.0 Å². The van der Waals surface area contributed by atoms with Crippen molar-refractivity contribution in [2.75, 3.05) is 32.7 Å². The third-order valence-corrected chi connectivity index (χ3v) is 5.70. The topological polar surface area (TPSA) is 61.4 Å². The van der Waals surface area contributed by atoms with Gasteiger partial charge in [0.05, 0.1) is 0 Å². The van der Waals surface area contributed by atoms with Crippen molar-refractivity contribution in [2.24, 2.45) is 11.8 Å². The first kappa shape index (κ1) is 21.7. The predicted molar refractivity (Wildman–Crippen MR) is 110 cm³/mol. The monoisotopic (exact) mass is 393 g/mol. The van der Waals surface area contributed by atoms with E-state index in [4.69, 9.17) is 0 Å². The maximum atomic E-state index is 12.4. The fraction of sp³-hybridized carbons (Fsp3) is 0.619. The second-order valence-corrected chi connectivity index (χ2v) is 7.58. The zero-order chi connectivity index (χ0) is 18.2. The highest BCUT2D eigenvalue weighted by atomic mass is 35.5. The van der Waals surface area contributed by atoms with Gasteiger partial charge in [0.2, 0.25) is 11.8 Å². The van der Waals surface area contributed by atoms with Crippen molar-refractivity contribution in [3.8, 4) is 0 Å². The van der Waals surface area contributed by atoms with Crippen LogP contribution in [0.5, 0.6) is 0 Å². The summed E-state index contributed by atoms with van der Waals surface area (Å²) in [6.45, 7) is 4.38. The number of likely N-dealkylation sites (tertiary alicyclic amines) is 1. The molecule has 5 nitrogen and oxygen atoms in total. The molecule has 2 fully saturated rings. The van der Waals surface area contributed by atoms with Crippen LogP contribution in [0.25, 0.3) is 0 Å². The molecule has 27 heavy (non-hydrogen) atoms. The molecule has 0 aliphatic carbocycles. The van der Waals surface area contributed by atoms with Gasteiger partial charge in [0.25, 0.3) is 0 Å². The van der Waals surface area contributed by atoms with Crippen molar-refractivity contribution in [1.82, 2.24) is 15.5 Å². The largest absolute Gasteiger partial charge is 0.356 e. The summed E-state index contributed by atoms with van der Waals surface area (Å²) >= 11 is 0. The van der Waals surface area contributed by atoms with Gasteiger partial charge in [0.1, 0.15) is 0 Å². The lowest BCUT2D eigenvalue weighted by Gasteiger charge is -2.31. The minimum absolute atomic E-state index is 0. The van der Waals surface area contributed by atoms with E-state index >= 15 is 0 Å². The van der Waals surface area contributed by atoms with Crippen LogP contribution in [0, 0.1) is 11.8 Å². The predicted octanol–water partition coefficient (Wildman–Crippen LogP) is 2.40. The summed E-state index contributed by atoms with van der Waals surface area (Å²) in [5.74, 6) is 1.16. The van der Waals surface area contributed by atoms with Crippen molar-refractivity contribution < 1.29 is 9.59 Å². The van der Waals surface area contributed by atoms with Crippen molar-refractivity contribution in [1.29, 1.82) is 0 Å². The lowest BCUT2D eigenvalue weighted by atomic mass is 9.95. The molecule has 2 amide bonds. The van der Waals surface area contributed by atoms with Crippen LogP contribution in [0.4, 0.5) is 0 Å². The molecule has 0 bridgehead atoms. The fourth-order valence-electron chi connectivity index (χ4n) is 3.95. The molecule has 1 aromatic carbocycles. The number of hydrogen-bond donors (Lipinski definition) is 2. The normalized spacial score (nSPS) is 20.1. The summed E-state index contributed by atoms with van der Waals surface area (Å²) in [7, 11) is 0. The maximum Gasteiger partial charge on any atom is 0.223 e. The Morgan fingerprint density at radius 1 is 1.11 bits per heavy atom. The van der Waals surface area contributed by atoms with Gasteiger partial charge in [-0.25, -0.2) is 0 Å². The Bertz CT molecular complexity index is 582. The number of hydrogen-bond acceptors (Lipinski definition) is 3. The molecule has 2 N–H and O–H groups in total. The Kier molecular flexibility index (Phi) is 9.08. The first-order valence-electron chi connectivity index (χ1n) is 10.0. The van der Waals surface area contributed by atoms with Gasteiger partial charge in [0.15, 0.2) is 0 Å². The van der Waals surface area contributed by atoms with Gasteiger partial charge in [-0.1, -0.05) is 30.3 Å². The summed E-state index contributed by atoms with van der Waals surface area (Å²) < 4.78 is 0. The lowest BCUT2D eigenvalue weighted by Crippen LogP contribution is -2.43. The van der Waals surface area contributed by atoms with E-state index in [1.807, 2.05) is 23.1 Å². The first-order valence-corrected chi connectivity index (χ1v) is 10.0. The number of benzene rings is 1. The van der Waals surface area contributed by atoms with Crippen LogP contribution in [-0.4, -0.2) is 49.4 Å². The lowest BCUT2D eigenvalue weighted by molar-refractivity contribution is -0.135. The molecule has 2 aliphatic heterocycles. The second kappa shape index (κ2) is 11.3. The molecule has 2 saturated heterocycles. The molecule has 0 saturated carbocycles. The Morgan fingerprint density at radius 2 is 1.85 bits per heavy atom. The Morgan fingerprint density at radius 3 is 2.52 bits per heavy atom. The molecular formula is C21H32ClN3O2. The number of halogens is 1. The van der Waals surface area contributed by atoms with Crippen LogP contribution >= 0.6 is 12.4 Å². The summed E-state index contributed by atoms with van der Waals surface area (Å²) in [6, 6.07) is 10.1. The van der Waals surface area contributed by atoms with Gasteiger partial charge in [-0.2, -0.15) is 0 Å². The van der Waals surface area contributed by atoms with Crippen molar-refractivity contribution in [3.63, 3.8) is 0 Å². The van der Waals surface area contributed by atoms with E-state index in [9.17, 15) is 9.59 Å². The fourth-order valence-corrected chi connectivity index (χ4v) is 3.95. The van der Waals surface area contributed by atoms with E-state index < -0.39 is 0 Å². The number of nitrogens with one attached hydrogen (secondary N) is 2. The van der Waals surface area contributed by atoms with Crippen LogP contribution in [0.15, 0.2) is 30.3 Å². The van der Waals surface area contributed by atoms with Gasteiger partial charge < -0.3 is 15.5 Å². The highest BCUT2D eigenvalue weighted by Gasteiger charge is 2.27. The third-order valence-electron chi connectivity index (χ3n) is 5.70. The van der Waals surface area contributed by atoms with Crippen molar-refractivity contribution in [3.05, 3.63) is 35.9 Å². The SMILES string of the molecule is Cl.O=C(NCCC1CCNC1)C1CCN(C(=O)CCc2ccccc2)CC1. The van der Waals surface area contributed by atoms with E-state index in [0.29, 0.717) is 25.4 Å². The van der Waals surface area contributed by atoms with E-state index in [0.717, 1.165) is 45.3 Å². The van der Waals surface area contributed by atoms with Crippen molar-refractivity contribution in [2.45, 2.75) is 38.5 Å². The molecule has 1 unspecified atom stereocenters. The van der Waals surface area contributed by atoms with Gasteiger partial charge in [-0.15, -0.1) is 12.4 Å². The average Bonchev–Trinajstić information content (AvgIpc) is 3.20. The molecule has 2 heterocycles. The van der Waals surface area contributed by atoms with Crippen LogP contribution in [-0.2, 0) is 16.0 Å². The zero-order valence-corrected chi connectivity index (χ0v) is 16.8. The molecule has 0 aromatic heterocycles. The summed E-state index contributed by atoms with van der Waals surface area (Å²) in [4.78, 5) is 26.6. The van der Waals surface area contributed by atoms with Gasteiger partial charge in [-0.05, 0) is 56.7 Å². The molecule has 3 rings (SSSR count). The van der Waals surface area contributed by atoms with Crippen LogP contribution < -0.4 is 10.6 Å². The molecule has 0 radical (unpaired) electrons. The molecule has 0 spiro atoms. The van der Waals surface area contributed by atoms with Crippen LogP contribution in [0.2, 0.25) is 0 Å². The van der Waals surface area contributed by atoms with Gasteiger partial charge in [-0.3, -0.25) is 9.59 Å².